The van der Waals surface area contributed by atoms with E-state index in [4.69, 9.17) is 5.26 Å². The number of benzene rings is 2. The first-order chi connectivity index (χ1) is 15.5. The van der Waals surface area contributed by atoms with Crippen LogP contribution in [-0.2, 0) is 11.3 Å². The predicted molar refractivity (Wildman–Crippen MR) is 130 cm³/mol. The van der Waals surface area contributed by atoms with Gasteiger partial charge in [0.25, 0.3) is 5.56 Å². The Morgan fingerprint density at radius 2 is 2.03 bits per heavy atom. The molecule has 2 aromatic carbocycles. The van der Waals surface area contributed by atoms with E-state index in [1.807, 2.05) is 18.2 Å². The monoisotopic (exact) mass is 448 g/mol. The molecule has 1 atom stereocenters. The first kappa shape index (κ1) is 23.6. The summed E-state index contributed by atoms with van der Waals surface area (Å²) in [7, 11) is 0. The van der Waals surface area contributed by atoms with Crippen molar-refractivity contribution in [1.29, 1.82) is 5.26 Å². The van der Waals surface area contributed by atoms with Crippen LogP contribution in [0.1, 0.15) is 45.1 Å². The Morgan fingerprint density at radius 1 is 1.22 bits per heavy atom. The Bertz CT molecular complexity index is 1180. The van der Waals surface area contributed by atoms with Gasteiger partial charge in [0.05, 0.1) is 28.3 Å². The summed E-state index contributed by atoms with van der Waals surface area (Å²) in [6.45, 7) is 5.02. The molecule has 1 N–H and O–H groups in total. The quantitative estimate of drug-likeness (QED) is 0.261. The number of para-hydroxylation sites is 1. The molecule has 1 aromatic heterocycles. The summed E-state index contributed by atoms with van der Waals surface area (Å²) in [4.78, 5) is 30.3. The van der Waals surface area contributed by atoms with Gasteiger partial charge in [-0.15, -0.1) is 0 Å². The van der Waals surface area contributed by atoms with Gasteiger partial charge in [0, 0.05) is 12.2 Å². The lowest BCUT2D eigenvalue weighted by molar-refractivity contribution is -0.113. The highest BCUT2D eigenvalue weighted by Gasteiger charge is 2.13. The standard InChI is InChI=1S/C25H28N4O2S/c1-3-18(2)9-6-7-14-29-24(31)21-12-4-5-13-22(21)28-25(29)32-17-23(30)27-20-11-8-10-19(15-20)16-26/h4-5,8,10-13,15,18H,3,6-7,9,14,17H2,1-2H3,(H,27,30)/t18-/m1/s1. The first-order valence-electron chi connectivity index (χ1n) is 10.9. The summed E-state index contributed by atoms with van der Waals surface area (Å²) in [5, 5.41) is 13.0. The summed E-state index contributed by atoms with van der Waals surface area (Å²) in [5.41, 5.74) is 1.63. The van der Waals surface area contributed by atoms with Crippen molar-refractivity contribution < 1.29 is 4.79 Å². The number of aromatic nitrogens is 2. The lowest BCUT2D eigenvalue weighted by atomic mass is 10.0. The zero-order valence-corrected chi connectivity index (χ0v) is 19.3. The van der Waals surface area contributed by atoms with Gasteiger partial charge in [-0.25, -0.2) is 4.98 Å². The van der Waals surface area contributed by atoms with E-state index in [9.17, 15) is 9.59 Å². The van der Waals surface area contributed by atoms with E-state index in [2.05, 4.69) is 30.2 Å². The molecule has 0 bridgehead atoms. The number of nitrogens with one attached hydrogen (secondary N) is 1. The van der Waals surface area contributed by atoms with E-state index >= 15 is 0 Å². The predicted octanol–water partition coefficient (Wildman–Crippen LogP) is 5.22. The highest BCUT2D eigenvalue weighted by molar-refractivity contribution is 7.99. The lowest BCUT2D eigenvalue weighted by Crippen LogP contribution is -2.24. The molecule has 0 aliphatic heterocycles. The molecule has 3 aromatic rings. The number of thioether (sulfide) groups is 1. The summed E-state index contributed by atoms with van der Waals surface area (Å²) in [6.07, 6.45) is 4.24. The Hall–Kier alpha value is -3.11. The van der Waals surface area contributed by atoms with Crippen LogP contribution in [0.4, 0.5) is 5.69 Å². The number of hydrogen-bond donors (Lipinski definition) is 1. The zero-order chi connectivity index (χ0) is 22.9. The molecular weight excluding hydrogens is 420 g/mol. The van der Waals surface area contributed by atoms with Crippen molar-refractivity contribution in [3.05, 3.63) is 64.4 Å². The van der Waals surface area contributed by atoms with Crippen LogP contribution in [0.2, 0.25) is 0 Å². The number of unbranched alkanes of at least 4 members (excludes halogenated alkanes) is 1. The molecule has 0 unspecified atom stereocenters. The van der Waals surface area contributed by atoms with E-state index in [0.29, 0.717) is 39.8 Å². The maximum atomic E-state index is 13.1. The molecule has 0 spiro atoms. The lowest BCUT2D eigenvalue weighted by Gasteiger charge is -2.14. The minimum atomic E-state index is -0.212. The number of fused-ring (bicyclic) bond motifs is 1. The number of amides is 1. The van der Waals surface area contributed by atoms with Gasteiger partial charge in [0.1, 0.15) is 0 Å². The van der Waals surface area contributed by atoms with Crippen molar-refractivity contribution in [2.24, 2.45) is 5.92 Å². The van der Waals surface area contributed by atoms with Crippen molar-refractivity contribution in [2.45, 2.75) is 51.2 Å². The zero-order valence-electron chi connectivity index (χ0n) is 18.5. The van der Waals surface area contributed by atoms with Gasteiger partial charge in [-0.05, 0) is 42.7 Å². The normalized spacial score (nSPS) is 11.8. The SMILES string of the molecule is CC[C@@H](C)CCCCn1c(SCC(=O)Nc2cccc(C#N)c2)nc2ccccc2c1=O. The number of nitriles is 1. The summed E-state index contributed by atoms with van der Waals surface area (Å²) in [6, 6.07) is 16.2. The summed E-state index contributed by atoms with van der Waals surface area (Å²) in [5.74, 6) is 0.586. The number of carbonyl (C=O) groups is 1. The molecular formula is C25H28N4O2S. The molecule has 1 amide bonds. The number of carbonyl (C=O) groups excluding carboxylic acids is 1. The van der Waals surface area contributed by atoms with E-state index in [1.165, 1.54) is 11.8 Å². The highest BCUT2D eigenvalue weighted by atomic mass is 32.2. The van der Waals surface area contributed by atoms with Crippen LogP contribution in [0.25, 0.3) is 10.9 Å². The molecule has 0 saturated heterocycles. The maximum absolute atomic E-state index is 13.1. The van der Waals surface area contributed by atoms with Crippen molar-refractivity contribution in [1.82, 2.24) is 9.55 Å². The van der Waals surface area contributed by atoms with Crippen LogP contribution in [0, 0.1) is 17.2 Å². The molecule has 1 heterocycles. The fourth-order valence-corrected chi connectivity index (χ4v) is 4.24. The van der Waals surface area contributed by atoms with Crippen LogP contribution < -0.4 is 10.9 Å². The average Bonchev–Trinajstić information content (AvgIpc) is 2.81. The molecule has 0 saturated carbocycles. The largest absolute Gasteiger partial charge is 0.325 e. The molecule has 32 heavy (non-hydrogen) atoms. The van der Waals surface area contributed by atoms with Crippen LogP contribution in [-0.4, -0.2) is 21.2 Å². The molecule has 3 rings (SSSR count). The Morgan fingerprint density at radius 3 is 2.81 bits per heavy atom. The second kappa shape index (κ2) is 11.5. The van der Waals surface area contributed by atoms with E-state index in [0.717, 1.165) is 25.7 Å². The van der Waals surface area contributed by atoms with Crippen LogP contribution in [0.5, 0.6) is 0 Å². The Kier molecular flexibility index (Phi) is 8.46. The van der Waals surface area contributed by atoms with Gasteiger partial charge in [-0.1, -0.05) is 63.1 Å². The third-order valence-electron chi connectivity index (χ3n) is 5.46. The number of nitrogens with zero attached hydrogens (tertiary/aromatic N) is 3. The fourth-order valence-electron chi connectivity index (χ4n) is 3.42. The molecule has 6 nitrogen and oxygen atoms in total. The van der Waals surface area contributed by atoms with Crippen LogP contribution in [0.15, 0.2) is 58.5 Å². The topological polar surface area (TPSA) is 87.8 Å². The van der Waals surface area contributed by atoms with Gasteiger partial charge in [-0.2, -0.15) is 5.26 Å². The minimum Gasteiger partial charge on any atom is -0.325 e. The third-order valence-corrected chi connectivity index (χ3v) is 6.44. The molecule has 7 heteroatoms. The van der Waals surface area contributed by atoms with E-state index in [1.54, 1.807) is 34.9 Å². The fraction of sp³-hybridized carbons (Fsp3) is 0.360. The molecule has 0 aliphatic carbocycles. The van der Waals surface area contributed by atoms with E-state index in [-0.39, 0.29) is 17.2 Å². The Balaban J connectivity index is 1.74. The van der Waals surface area contributed by atoms with Crippen molar-refractivity contribution in [2.75, 3.05) is 11.1 Å². The van der Waals surface area contributed by atoms with Gasteiger partial charge >= 0.3 is 0 Å². The second-order valence-electron chi connectivity index (χ2n) is 7.91. The van der Waals surface area contributed by atoms with Gasteiger partial charge in [0.2, 0.25) is 5.91 Å². The minimum absolute atomic E-state index is 0.0660. The van der Waals surface area contributed by atoms with Gasteiger partial charge < -0.3 is 5.32 Å². The molecule has 166 valence electrons. The number of hydrogen-bond acceptors (Lipinski definition) is 5. The maximum Gasteiger partial charge on any atom is 0.262 e. The molecule has 0 aliphatic rings. The number of anilines is 1. The van der Waals surface area contributed by atoms with Gasteiger partial charge in [0.15, 0.2) is 5.16 Å². The highest BCUT2D eigenvalue weighted by Crippen LogP contribution is 2.20. The van der Waals surface area contributed by atoms with Crippen LogP contribution >= 0.6 is 11.8 Å². The van der Waals surface area contributed by atoms with Crippen molar-refractivity contribution in [3.63, 3.8) is 0 Å². The van der Waals surface area contributed by atoms with Gasteiger partial charge in [-0.3, -0.25) is 14.2 Å². The molecule has 0 radical (unpaired) electrons. The smallest absolute Gasteiger partial charge is 0.262 e. The van der Waals surface area contributed by atoms with Crippen molar-refractivity contribution in [3.8, 4) is 6.07 Å². The third kappa shape index (κ3) is 6.21. The van der Waals surface area contributed by atoms with E-state index < -0.39 is 0 Å². The first-order valence-corrected chi connectivity index (χ1v) is 11.9. The van der Waals surface area contributed by atoms with Crippen LogP contribution in [0.3, 0.4) is 0 Å². The molecule has 0 fully saturated rings. The Labute approximate surface area is 192 Å². The summed E-state index contributed by atoms with van der Waals surface area (Å²) >= 11 is 1.26. The number of rotatable bonds is 10. The average molecular weight is 449 g/mol. The summed E-state index contributed by atoms with van der Waals surface area (Å²) < 4.78 is 1.70. The second-order valence-corrected chi connectivity index (χ2v) is 8.85. The van der Waals surface area contributed by atoms with Crippen molar-refractivity contribution >= 4 is 34.3 Å².